The average Bonchev–Trinajstić information content (AvgIpc) is 2.08. The zero-order valence-electron chi connectivity index (χ0n) is 10.2. The molecule has 14 heavy (non-hydrogen) atoms. The minimum absolute atomic E-state index is 0.129. The molecule has 0 heterocycles. The summed E-state index contributed by atoms with van der Waals surface area (Å²) in [6.45, 7) is 3.02. The fraction of sp³-hybridized carbons (Fsp3) is 1.00. The van der Waals surface area contributed by atoms with Crippen molar-refractivity contribution < 1.29 is 4.65 Å². The first kappa shape index (κ1) is 13.9. The van der Waals surface area contributed by atoms with Crippen molar-refractivity contribution in [3.63, 3.8) is 0 Å². The van der Waals surface area contributed by atoms with Gasteiger partial charge < -0.3 is 9.85 Å². The highest BCUT2D eigenvalue weighted by molar-refractivity contribution is 4.46. The van der Waals surface area contributed by atoms with Crippen LogP contribution in [0.3, 0.4) is 0 Å². The lowest BCUT2D eigenvalue weighted by Crippen LogP contribution is -2.32. The van der Waals surface area contributed by atoms with E-state index < -0.39 is 0 Å². The number of hydrogen-bond donors (Lipinski definition) is 0. The first-order valence-corrected chi connectivity index (χ1v) is 6.10. The molecule has 0 rings (SSSR count). The highest BCUT2D eigenvalue weighted by Crippen LogP contribution is 2.09. The molecule has 0 N–H and O–H groups in total. The number of hydrogen-bond acceptors (Lipinski definition) is 1. The van der Waals surface area contributed by atoms with Crippen LogP contribution in [0.25, 0.3) is 0 Å². The normalized spacial score (nSPS) is 12.0. The van der Waals surface area contributed by atoms with E-state index >= 15 is 0 Å². The summed E-state index contributed by atoms with van der Waals surface area (Å²) in [5.74, 6) is 0. The van der Waals surface area contributed by atoms with Gasteiger partial charge in [-0.1, -0.05) is 45.4 Å². The summed E-state index contributed by atoms with van der Waals surface area (Å²) in [5, 5.41) is 11.2. The maximum Gasteiger partial charge on any atom is 0.0779 e. The van der Waals surface area contributed by atoms with Gasteiger partial charge in [0.25, 0.3) is 0 Å². The molecule has 2 nitrogen and oxygen atoms in total. The maximum atomic E-state index is 11.2. The number of hydroxylamine groups is 3. The van der Waals surface area contributed by atoms with Crippen molar-refractivity contribution in [3.05, 3.63) is 5.21 Å². The van der Waals surface area contributed by atoms with Crippen molar-refractivity contribution in [2.75, 3.05) is 20.6 Å². The molecule has 2 heteroatoms. The van der Waals surface area contributed by atoms with Gasteiger partial charge in [-0.05, 0) is 12.8 Å². The van der Waals surface area contributed by atoms with Crippen LogP contribution >= 0.6 is 0 Å². The molecule has 0 fully saturated rings. The third-order valence-corrected chi connectivity index (χ3v) is 2.55. The summed E-state index contributed by atoms with van der Waals surface area (Å²) in [6, 6.07) is 0. The molecule has 0 bridgehead atoms. The van der Waals surface area contributed by atoms with E-state index in [9.17, 15) is 5.21 Å². The number of unbranched alkanes of at least 4 members (excludes halogenated alkanes) is 7. The molecule has 0 radical (unpaired) electrons. The van der Waals surface area contributed by atoms with Gasteiger partial charge in [-0.25, -0.2) is 0 Å². The van der Waals surface area contributed by atoms with Crippen molar-refractivity contribution in [3.8, 4) is 0 Å². The van der Waals surface area contributed by atoms with Gasteiger partial charge in [0.15, 0.2) is 0 Å². The Morgan fingerprint density at radius 1 is 0.786 bits per heavy atom. The van der Waals surface area contributed by atoms with Gasteiger partial charge in [0.2, 0.25) is 0 Å². The highest BCUT2D eigenvalue weighted by atomic mass is 16.5. The fourth-order valence-electron chi connectivity index (χ4n) is 1.63. The molecule has 0 aliphatic rings. The maximum absolute atomic E-state index is 11.2. The number of quaternary nitrogens is 1. The molecule has 0 unspecified atom stereocenters. The Morgan fingerprint density at radius 3 is 1.64 bits per heavy atom. The van der Waals surface area contributed by atoms with Crippen LogP contribution in [0.4, 0.5) is 0 Å². The van der Waals surface area contributed by atoms with Crippen LogP contribution in [-0.2, 0) is 0 Å². The molecular formula is C12H27NO. The molecule has 0 aromatic heterocycles. The van der Waals surface area contributed by atoms with Crippen LogP contribution in [-0.4, -0.2) is 25.3 Å². The van der Waals surface area contributed by atoms with Gasteiger partial charge in [-0.15, -0.1) is 0 Å². The van der Waals surface area contributed by atoms with Crippen molar-refractivity contribution in [2.24, 2.45) is 0 Å². The van der Waals surface area contributed by atoms with E-state index in [1.165, 1.54) is 44.9 Å². The Balaban J connectivity index is 2.99. The molecule has 0 aliphatic carbocycles. The third-order valence-electron chi connectivity index (χ3n) is 2.55. The van der Waals surface area contributed by atoms with Gasteiger partial charge in [-0.3, -0.25) is 0 Å². The first-order chi connectivity index (χ1) is 6.56. The van der Waals surface area contributed by atoms with Gasteiger partial charge >= 0.3 is 0 Å². The molecular weight excluding hydrogens is 174 g/mol. The minimum Gasteiger partial charge on any atom is -0.633 e. The van der Waals surface area contributed by atoms with Crippen LogP contribution in [0.5, 0.6) is 0 Å². The predicted molar refractivity (Wildman–Crippen MR) is 63.0 cm³/mol. The Bertz CT molecular complexity index is 118. The summed E-state index contributed by atoms with van der Waals surface area (Å²) < 4.78 is -0.129. The molecule has 0 spiro atoms. The van der Waals surface area contributed by atoms with E-state index in [2.05, 4.69) is 6.92 Å². The second-order valence-electron chi connectivity index (χ2n) is 4.77. The topological polar surface area (TPSA) is 23.1 Å². The molecule has 86 valence electrons. The van der Waals surface area contributed by atoms with Crippen molar-refractivity contribution in [1.82, 2.24) is 0 Å². The minimum atomic E-state index is -0.129. The Morgan fingerprint density at radius 2 is 1.21 bits per heavy atom. The summed E-state index contributed by atoms with van der Waals surface area (Å²) in [5.41, 5.74) is 0. The predicted octanol–water partition coefficient (Wildman–Crippen LogP) is 3.70. The lowest BCUT2D eigenvalue weighted by atomic mass is 10.1. The summed E-state index contributed by atoms with van der Waals surface area (Å²) >= 11 is 0. The van der Waals surface area contributed by atoms with E-state index in [1.54, 1.807) is 14.1 Å². The smallest absolute Gasteiger partial charge is 0.0779 e. The Hall–Kier alpha value is -0.0800. The van der Waals surface area contributed by atoms with Crippen LogP contribution in [0.1, 0.15) is 58.3 Å². The van der Waals surface area contributed by atoms with E-state index in [4.69, 9.17) is 0 Å². The van der Waals surface area contributed by atoms with Gasteiger partial charge in [0.1, 0.15) is 0 Å². The van der Waals surface area contributed by atoms with Gasteiger partial charge in [0.05, 0.1) is 20.6 Å². The molecule has 0 saturated carbocycles. The summed E-state index contributed by atoms with van der Waals surface area (Å²) in [4.78, 5) is 0. The lowest BCUT2D eigenvalue weighted by molar-refractivity contribution is -0.840. The Labute approximate surface area is 89.5 Å². The van der Waals surface area contributed by atoms with Crippen LogP contribution in [0.2, 0.25) is 0 Å². The van der Waals surface area contributed by atoms with E-state index in [1.807, 2.05) is 0 Å². The Kier molecular flexibility index (Phi) is 8.20. The van der Waals surface area contributed by atoms with Crippen LogP contribution in [0, 0.1) is 5.21 Å². The molecule has 0 atom stereocenters. The monoisotopic (exact) mass is 201 g/mol. The van der Waals surface area contributed by atoms with E-state index in [-0.39, 0.29) is 4.65 Å². The standard InChI is InChI=1S/C12H27NO/c1-4-5-6-7-8-9-10-11-12-13(2,3)14/h4-12H2,1-3H3. The largest absolute Gasteiger partial charge is 0.633 e. The van der Waals surface area contributed by atoms with Crippen molar-refractivity contribution in [1.29, 1.82) is 0 Å². The SMILES string of the molecule is CCCCCCCCCC[N+](C)(C)[O-]. The van der Waals surface area contributed by atoms with E-state index in [0.717, 1.165) is 13.0 Å². The van der Waals surface area contributed by atoms with E-state index in [0.29, 0.717) is 0 Å². The average molecular weight is 201 g/mol. The highest BCUT2D eigenvalue weighted by Gasteiger charge is 2.00. The van der Waals surface area contributed by atoms with Crippen LogP contribution in [0.15, 0.2) is 0 Å². The number of rotatable bonds is 9. The molecule has 0 amide bonds. The summed E-state index contributed by atoms with van der Waals surface area (Å²) in [6.07, 6.45) is 10.5. The van der Waals surface area contributed by atoms with Crippen LogP contribution < -0.4 is 0 Å². The second-order valence-corrected chi connectivity index (χ2v) is 4.77. The van der Waals surface area contributed by atoms with Gasteiger partial charge in [0, 0.05) is 0 Å². The molecule has 0 aromatic carbocycles. The van der Waals surface area contributed by atoms with Gasteiger partial charge in [-0.2, -0.15) is 0 Å². The number of nitrogens with zero attached hydrogens (tertiary/aromatic N) is 1. The molecule has 0 aliphatic heterocycles. The molecule has 0 aromatic rings. The third kappa shape index (κ3) is 11.9. The first-order valence-electron chi connectivity index (χ1n) is 6.10. The second kappa shape index (κ2) is 8.25. The zero-order chi connectivity index (χ0) is 10.9. The quantitative estimate of drug-likeness (QED) is 0.317. The lowest BCUT2D eigenvalue weighted by Gasteiger charge is -2.33. The fourth-order valence-corrected chi connectivity index (χ4v) is 1.63. The van der Waals surface area contributed by atoms with Crippen molar-refractivity contribution >= 4 is 0 Å². The zero-order valence-corrected chi connectivity index (χ0v) is 10.2. The molecule has 0 saturated heterocycles. The summed E-state index contributed by atoms with van der Waals surface area (Å²) in [7, 11) is 3.45. The van der Waals surface area contributed by atoms with Crippen molar-refractivity contribution in [2.45, 2.75) is 58.3 Å².